The van der Waals surface area contributed by atoms with Crippen LogP contribution in [0.5, 0.6) is 0 Å². The van der Waals surface area contributed by atoms with Crippen molar-refractivity contribution < 1.29 is 34.7 Å². The lowest BCUT2D eigenvalue weighted by Gasteiger charge is -2.38. The summed E-state index contributed by atoms with van der Waals surface area (Å²) in [6.45, 7) is 3.13. The first-order valence-corrected chi connectivity index (χ1v) is 9.56. The molecule has 3 aromatic rings. The molecule has 6 atom stereocenters. The van der Waals surface area contributed by atoms with Crippen LogP contribution in [0.1, 0.15) is 35.9 Å². The molecule has 0 amide bonds. The number of nitrogens with zero attached hydrogens (tertiary/aromatic N) is 2. The van der Waals surface area contributed by atoms with Gasteiger partial charge in [0.1, 0.15) is 17.7 Å². The molecule has 1 aliphatic rings. The zero-order chi connectivity index (χ0) is 21.6. The number of hydrogen-bond donors (Lipinski definition) is 4. The minimum atomic E-state index is -1.60. The van der Waals surface area contributed by atoms with E-state index in [1.807, 2.05) is 0 Å². The summed E-state index contributed by atoms with van der Waals surface area (Å²) in [6.07, 6.45) is -7.45. The van der Waals surface area contributed by atoms with Gasteiger partial charge >= 0.3 is 5.97 Å². The fourth-order valence-electron chi connectivity index (χ4n) is 3.58. The largest absolute Gasteiger partial charge is 0.453 e. The Kier molecular flexibility index (Phi) is 5.39. The first-order valence-electron chi connectivity index (χ1n) is 9.56. The monoisotopic (exact) mass is 414 g/mol. The van der Waals surface area contributed by atoms with E-state index in [0.717, 1.165) is 0 Å². The summed E-state index contributed by atoms with van der Waals surface area (Å²) in [5.41, 5.74) is 2.44. The Morgan fingerprint density at radius 2 is 1.67 bits per heavy atom. The highest BCUT2D eigenvalue weighted by Gasteiger charge is 2.44. The molecule has 0 radical (unpaired) electrons. The molecule has 1 fully saturated rings. The van der Waals surface area contributed by atoms with E-state index < -0.39 is 42.8 Å². The van der Waals surface area contributed by atoms with Gasteiger partial charge in [0.15, 0.2) is 12.4 Å². The second kappa shape index (κ2) is 7.86. The normalized spacial score (nSPS) is 27.9. The standard InChI is InChI=1S/C21H22N2O7/c1-9(24)11-5-3-7-13-15(11)22-14-8-4-6-12(16(14)23-13)20(27)30-19-17(25)10(2)29-21(28)18(19)26/h3-10,17-19,21,24-26,28H,1-2H3/t9?,10-,17-,18-,19+,21?/m0/s1. The third-order valence-electron chi connectivity index (χ3n) is 5.24. The second-order valence-corrected chi connectivity index (χ2v) is 7.37. The number of rotatable bonds is 3. The van der Waals surface area contributed by atoms with Gasteiger partial charge in [0, 0.05) is 5.56 Å². The van der Waals surface area contributed by atoms with Crippen molar-refractivity contribution in [2.24, 2.45) is 0 Å². The molecule has 1 saturated heterocycles. The van der Waals surface area contributed by atoms with Crippen molar-refractivity contribution in [3.05, 3.63) is 47.5 Å². The molecule has 0 aliphatic carbocycles. The third kappa shape index (κ3) is 3.51. The van der Waals surface area contributed by atoms with Crippen LogP contribution in [0.25, 0.3) is 22.1 Å². The molecule has 30 heavy (non-hydrogen) atoms. The maximum Gasteiger partial charge on any atom is 0.340 e. The van der Waals surface area contributed by atoms with Crippen molar-refractivity contribution >= 4 is 28.0 Å². The predicted octanol–water partition coefficient (Wildman–Crippen LogP) is 0.821. The molecule has 0 saturated carbocycles. The lowest BCUT2D eigenvalue weighted by atomic mass is 9.99. The summed E-state index contributed by atoms with van der Waals surface area (Å²) in [6, 6.07) is 10.0. The number of hydrogen-bond acceptors (Lipinski definition) is 9. The molecule has 4 rings (SSSR count). The molecule has 0 spiro atoms. The Balaban J connectivity index is 1.74. The van der Waals surface area contributed by atoms with E-state index in [2.05, 4.69) is 9.97 Å². The van der Waals surface area contributed by atoms with E-state index in [1.54, 1.807) is 37.3 Å². The predicted molar refractivity (Wildman–Crippen MR) is 105 cm³/mol. The minimum Gasteiger partial charge on any atom is -0.453 e. The molecule has 2 unspecified atom stereocenters. The quantitative estimate of drug-likeness (QED) is 0.362. The molecule has 0 bridgehead atoms. The number of para-hydroxylation sites is 2. The topological polar surface area (TPSA) is 142 Å². The van der Waals surface area contributed by atoms with Crippen molar-refractivity contribution in [2.75, 3.05) is 0 Å². The Hall–Kier alpha value is -2.69. The molecular weight excluding hydrogens is 392 g/mol. The summed E-state index contributed by atoms with van der Waals surface area (Å²) in [4.78, 5) is 22.0. The fraction of sp³-hybridized carbons (Fsp3) is 0.381. The zero-order valence-corrected chi connectivity index (χ0v) is 16.3. The number of ether oxygens (including phenoxy) is 2. The summed E-state index contributed by atoms with van der Waals surface area (Å²) in [7, 11) is 0. The lowest BCUT2D eigenvalue weighted by molar-refractivity contribution is -0.276. The average Bonchev–Trinajstić information content (AvgIpc) is 2.72. The molecule has 4 N–H and O–H groups in total. The fourth-order valence-corrected chi connectivity index (χ4v) is 3.58. The first-order chi connectivity index (χ1) is 14.3. The van der Waals surface area contributed by atoms with Gasteiger partial charge in [0.2, 0.25) is 0 Å². The first kappa shape index (κ1) is 20.6. The maximum atomic E-state index is 12.9. The summed E-state index contributed by atoms with van der Waals surface area (Å²) in [5, 5.41) is 40.1. The molecule has 2 aromatic carbocycles. The highest BCUT2D eigenvalue weighted by atomic mass is 16.6. The van der Waals surface area contributed by atoms with Crippen LogP contribution in [0.15, 0.2) is 36.4 Å². The van der Waals surface area contributed by atoms with E-state index >= 15 is 0 Å². The van der Waals surface area contributed by atoms with Crippen LogP contribution in [-0.2, 0) is 9.47 Å². The number of benzene rings is 2. The summed E-state index contributed by atoms with van der Waals surface area (Å²) < 4.78 is 10.3. The van der Waals surface area contributed by atoms with E-state index in [1.165, 1.54) is 13.0 Å². The molecule has 2 heterocycles. The number of esters is 1. The highest BCUT2D eigenvalue weighted by Crippen LogP contribution is 2.27. The molecular formula is C21H22N2O7. The van der Waals surface area contributed by atoms with Gasteiger partial charge in [-0.2, -0.15) is 0 Å². The van der Waals surface area contributed by atoms with Gasteiger partial charge in [-0.15, -0.1) is 0 Å². The Bertz CT molecular complexity index is 1090. The van der Waals surface area contributed by atoms with Crippen LogP contribution >= 0.6 is 0 Å². The summed E-state index contributed by atoms with van der Waals surface area (Å²) >= 11 is 0. The number of carbonyl (C=O) groups excluding carboxylic acids is 1. The average molecular weight is 414 g/mol. The van der Waals surface area contributed by atoms with Crippen molar-refractivity contribution in [3.63, 3.8) is 0 Å². The van der Waals surface area contributed by atoms with Crippen molar-refractivity contribution in [1.82, 2.24) is 9.97 Å². The molecule has 9 heteroatoms. The van der Waals surface area contributed by atoms with Crippen LogP contribution in [0.4, 0.5) is 0 Å². The van der Waals surface area contributed by atoms with E-state index in [-0.39, 0.29) is 11.1 Å². The Labute approximate surface area is 171 Å². The van der Waals surface area contributed by atoms with E-state index in [9.17, 15) is 25.2 Å². The van der Waals surface area contributed by atoms with Gasteiger partial charge in [-0.1, -0.05) is 18.2 Å². The van der Waals surface area contributed by atoms with Crippen molar-refractivity contribution in [1.29, 1.82) is 0 Å². The maximum absolute atomic E-state index is 12.9. The number of aliphatic hydroxyl groups is 4. The Morgan fingerprint density at radius 3 is 2.37 bits per heavy atom. The third-order valence-corrected chi connectivity index (χ3v) is 5.24. The van der Waals surface area contributed by atoms with Gasteiger partial charge in [-0.3, -0.25) is 0 Å². The van der Waals surface area contributed by atoms with Gasteiger partial charge in [-0.05, 0) is 32.0 Å². The molecule has 1 aromatic heterocycles. The van der Waals surface area contributed by atoms with Crippen LogP contribution in [0, 0.1) is 0 Å². The van der Waals surface area contributed by atoms with Crippen LogP contribution in [0.2, 0.25) is 0 Å². The minimum absolute atomic E-state index is 0.0948. The van der Waals surface area contributed by atoms with Gasteiger partial charge in [0.05, 0.1) is 34.3 Å². The lowest BCUT2D eigenvalue weighted by Crippen LogP contribution is -2.58. The number of aromatic nitrogens is 2. The number of carbonyl (C=O) groups is 1. The van der Waals surface area contributed by atoms with Crippen LogP contribution in [0.3, 0.4) is 0 Å². The van der Waals surface area contributed by atoms with E-state index in [0.29, 0.717) is 22.1 Å². The molecule has 1 aliphatic heterocycles. The van der Waals surface area contributed by atoms with Crippen molar-refractivity contribution in [2.45, 2.75) is 50.7 Å². The van der Waals surface area contributed by atoms with E-state index in [4.69, 9.17) is 9.47 Å². The SMILES string of the molecule is CC(O)c1cccc2nc3c(C(=O)O[C@@H]4[C@@H](O)[C@H](C)OC(O)[C@H]4O)cccc3nc12. The second-order valence-electron chi connectivity index (χ2n) is 7.37. The molecule has 9 nitrogen and oxygen atoms in total. The Morgan fingerprint density at radius 1 is 1.03 bits per heavy atom. The molecule has 158 valence electrons. The van der Waals surface area contributed by atoms with Gasteiger partial charge in [0.25, 0.3) is 0 Å². The van der Waals surface area contributed by atoms with Gasteiger partial charge < -0.3 is 29.9 Å². The highest BCUT2D eigenvalue weighted by molar-refractivity contribution is 6.03. The van der Waals surface area contributed by atoms with Crippen molar-refractivity contribution in [3.8, 4) is 0 Å². The zero-order valence-electron chi connectivity index (χ0n) is 16.3. The summed E-state index contributed by atoms with van der Waals surface area (Å²) in [5.74, 6) is -0.828. The van der Waals surface area contributed by atoms with Crippen LogP contribution < -0.4 is 0 Å². The number of aliphatic hydroxyl groups excluding tert-OH is 4. The van der Waals surface area contributed by atoms with Crippen LogP contribution in [-0.4, -0.2) is 67.1 Å². The number of fused-ring (bicyclic) bond motifs is 2. The smallest absolute Gasteiger partial charge is 0.340 e. The van der Waals surface area contributed by atoms with Gasteiger partial charge in [-0.25, -0.2) is 14.8 Å².